The number of carbonyl (C=O) groups is 1. The molecule has 1 aliphatic heterocycles. The summed E-state index contributed by atoms with van der Waals surface area (Å²) in [6.07, 6.45) is 7.07. The van der Waals surface area contributed by atoms with E-state index in [9.17, 15) is 9.90 Å². The van der Waals surface area contributed by atoms with Gasteiger partial charge in [-0.3, -0.25) is 9.69 Å². The Kier molecular flexibility index (Phi) is 3.07. The van der Waals surface area contributed by atoms with Gasteiger partial charge in [-0.15, -0.1) is 0 Å². The van der Waals surface area contributed by atoms with Crippen LogP contribution in [0, 0.1) is 5.92 Å². The van der Waals surface area contributed by atoms with Crippen LogP contribution in [0.15, 0.2) is 16.9 Å². The van der Waals surface area contributed by atoms with Crippen LogP contribution >= 0.6 is 0 Å². The molecule has 3 rings (SSSR count). The largest absolute Gasteiger partial charge is 0.480 e. The zero-order valence-electron chi connectivity index (χ0n) is 10.3. The normalized spacial score (nSPS) is 32.3. The maximum Gasteiger partial charge on any atom is 0.320 e. The van der Waals surface area contributed by atoms with Crippen LogP contribution in [0.25, 0.3) is 0 Å². The second-order valence-corrected chi connectivity index (χ2v) is 5.36. The maximum atomic E-state index is 11.4. The van der Waals surface area contributed by atoms with E-state index in [0.29, 0.717) is 18.5 Å². The Morgan fingerprint density at radius 2 is 2.33 bits per heavy atom. The minimum Gasteiger partial charge on any atom is -0.480 e. The molecule has 0 radical (unpaired) electrons. The number of aliphatic carboxylic acids is 1. The third-order valence-electron chi connectivity index (χ3n) is 4.34. The van der Waals surface area contributed by atoms with Crippen LogP contribution in [0.2, 0.25) is 0 Å². The van der Waals surface area contributed by atoms with E-state index in [1.54, 1.807) is 6.26 Å². The average molecular weight is 250 g/mol. The third kappa shape index (κ3) is 2.03. The summed E-state index contributed by atoms with van der Waals surface area (Å²) in [7, 11) is 0. The van der Waals surface area contributed by atoms with Crippen molar-refractivity contribution in [3.63, 3.8) is 0 Å². The summed E-state index contributed by atoms with van der Waals surface area (Å²) in [5, 5.41) is 13.3. The van der Waals surface area contributed by atoms with Crippen molar-refractivity contribution in [2.24, 2.45) is 5.92 Å². The number of hydrogen-bond donors (Lipinski definition) is 1. The van der Waals surface area contributed by atoms with Crippen molar-refractivity contribution in [3.8, 4) is 0 Å². The molecule has 5 nitrogen and oxygen atoms in total. The maximum absolute atomic E-state index is 11.4. The van der Waals surface area contributed by atoms with Gasteiger partial charge in [0.15, 0.2) is 0 Å². The van der Waals surface area contributed by atoms with Crippen molar-refractivity contribution in [1.82, 2.24) is 10.1 Å². The molecule has 98 valence electrons. The molecule has 0 spiro atoms. The number of hydrogen-bond acceptors (Lipinski definition) is 4. The van der Waals surface area contributed by atoms with E-state index in [4.69, 9.17) is 4.52 Å². The molecule has 1 aliphatic carbocycles. The third-order valence-corrected chi connectivity index (χ3v) is 4.34. The molecule has 0 bridgehead atoms. The molecule has 1 saturated heterocycles. The van der Waals surface area contributed by atoms with E-state index >= 15 is 0 Å². The van der Waals surface area contributed by atoms with Gasteiger partial charge >= 0.3 is 5.97 Å². The fourth-order valence-corrected chi connectivity index (χ4v) is 3.53. The Bertz CT molecular complexity index is 418. The van der Waals surface area contributed by atoms with Crippen molar-refractivity contribution in [2.75, 3.05) is 0 Å². The Morgan fingerprint density at radius 1 is 1.50 bits per heavy atom. The van der Waals surface area contributed by atoms with Gasteiger partial charge < -0.3 is 9.63 Å². The molecule has 2 fully saturated rings. The van der Waals surface area contributed by atoms with Crippen LogP contribution in [0.5, 0.6) is 0 Å². The number of fused-ring (bicyclic) bond motifs is 1. The van der Waals surface area contributed by atoms with Gasteiger partial charge in [-0.1, -0.05) is 18.0 Å². The van der Waals surface area contributed by atoms with Gasteiger partial charge in [0, 0.05) is 18.7 Å². The van der Waals surface area contributed by atoms with Crippen molar-refractivity contribution < 1.29 is 14.4 Å². The summed E-state index contributed by atoms with van der Waals surface area (Å²) in [6, 6.07) is 1.88. The summed E-state index contributed by atoms with van der Waals surface area (Å²) in [5.41, 5.74) is 0.826. The standard InChI is InChI=1S/C13H18N2O3/c16-13(17)12-7-9-3-1-2-4-11(9)15(12)8-10-5-6-18-14-10/h5-6,9,11-12H,1-4,7-8H2,(H,16,17)/t9-,11+,12-/m0/s1. The first-order valence-corrected chi connectivity index (χ1v) is 6.63. The Labute approximate surface area is 106 Å². The minimum atomic E-state index is -0.701. The number of likely N-dealkylation sites (tertiary alicyclic amines) is 1. The number of aromatic nitrogens is 1. The summed E-state index contributed by atoms with van der Waals surface area (Å²) in [4.78, 5) is 13.5. The van der Waals surface area contributed by atoms with Gasteiger partial charge in [-0.25, -0.2) is 0 Å². The topological polar surface area (TPSA) is 66.6 Å². The summed E-state index contributed by atoms with van der Waals surface area (Å²) in [5.74, 6) is -0.153. The lowest BCUT2D eigenvalue weighted by molar-refractivity contribution is -0.142. The van der Waals surface area contributed by atoms with Crippen LogP contribution in [0.1, 0.15) is 37.8 Å². The van der Waals surface area contributed by atoms with Gasteiger partial charge in [-0.2, -0.15) is 0 Å². The van der Waals surface area contributed by atoms with Crippen molar-refractivity contribution in [1.29, 1.82) is 0 Å². The van der Waals surface area contributed by atoms with Crippen LogP contribution in [-0.4, -0.2) is 33.2 Å². The molecule has 0 unspecified atom stereocenters. The summed E-state index contributed by atoms with van der Waals surface area (Å²) < 4.78 is 4.83. The first-order chi connectivity index (χ1) is 8.75. The lowest BCUT2D eigenvalue weighted by Gasteiger charge is -2.32. The molecule has 18 heavy (non-hydrogen) atoms. The molecule has 3 atom stereocenters. The molecule has 1 N–H and O–H groups in total. The molecule has 1 saturated carbocycles. The Morgan fingerprint density at radius 3 is 3.06 bits per heavy atom. The lowest BCUT2D eigenvalue weighted by Crippen LogP contribution is -2.41. The van der Waals surface area contributed by atoms with E-state index in [-0.39, 0.29) is 6.04 Å². The van der Waals surface area contributed by atoms with Crippen molar-refractivity contribution in [2.45, 2.75) is 50.7 Å². The number of carboxylic acid groups (broad SMARTS) is 1. The highest BCUT2D eigenvalue weighted by Gasteiger charge is 2.45. The second-order valence-electron chi connectivity index (χ2n) is 5.36. The first kappa shape index (κ1) is 11.7. The molecule has 2 aliphatic rings. The average Bonchev–Trinajstić information content (AvgIpc) is 2.98. The number of nitrogens with zero attached hydrogens (tertiary/aromatic N) is 2. The van der Waals surface area contributed by atoms with Gasteiger partial charge in [0.2, 0.25) is 0 Å². The molecule has 1 aromatic rings. The van der Waals surface area contributed by atoms with E-state index in [1.165, 1.54) is 19.3 Å². The zero-order chi connectivity index (χ0) is 12.5. The smallest absolute Gasteiger partial charge is 0.320 e. The molecule has 0 amide bonds. The van der Waals surface area contributed by atoms with Crippen LogP contribution in [0.3, 0.4) is 0 Å². The van der Waals surface area contributed by atoms with E-state index in [0.717, 1.165) is 18.5 Å². The van der Waals surface area contributed by atoms with Gasteiger partial charge in [-0.05, 0) is 25.2 Å². The monoisotopic (exact) mass is 250 g/mol. The van der Waals surface area contributed by atoms with Crippen LogP contribution in [0.4, 0.5) is 0 Å². The highest BCUT2D eigenvalue weighted by Crippen LogP contribution is 2.40. The molecule has 5 heteroatoms. The van der Waals surface area contributed by atoms with Gasteiger partial charge in [0.1, 0.15) is 12.3 Å². The Balaban J connectivity index is 1.80. The number of rotatable bonds is 3. The predicted molar refractivity (Wildman–Crippen MR) is 63.8 cm³/mol. The fourth-order valence-electron chi connectivity index (χ4n) is 3.53. The molecule has 2 heterocycles. The quantitative estimate of drug-likeness (QED) is 0.887. The van der Waals surface area contributed by atoms with Crippen LogP contribution < -0.4 is 0 Å². The van der Waals surface area contributed by atoms with Crippen molar-refractivity contribution >= 4 is 5.97 Å². The van der Waals surface area contributed by atoms with Crippen molar-refractivity contribution in [3.05, 3.63) is 18.0 Å². The lowest BCUT2D eigenvalue weighted by atomic mass is 9.85. The van der Waals surface area contributed by atoms with Crippen LogP contribution in [-0.2, 0) is 11.3 Å². The molecule has 0 aromatic carbocycles. The van der Waals surface area contributed by atoms with E-state index in [1.807, 2.05) is 6.07 Å². The van der Waals surface area contributed by atoms with Gasteiger partial charge in [0.25, 0.3) is 0 Å². The fraction of sp³-hybridized carbons (Fsp3) is 0.692. The Hall–Kier alpha value is -1.36. The zero-order valence-corrected chi connectivity index (χ0v) is 10.3. The summed E-state index contributed by atoms with van der Waals surface area (Å²) >= 11 is 0. The predicted octanol–water partition coefficient (Wildman–Crippen LogP) is 1.89. The highest BCUT2D eigenvalue weighted by atomic mass is 16.5. The SMILES string of the molecule is O=C(O)[C@@H]1C[C@@H]2CCCC[C@H]2N1Cc1ccon1. The molecular formula is C13H18N2O3. The number of carboxylic acids is 1. The second kappa shape index (κ2) is 4.72. The van der Waals surface area contributed by atoms with Gasteiger partial charge in [0.05, 0.1) is 5.69 Å². The van der Waals surface area contributed by atoms with E-state index < -0.39 is 5.97 Å². The first-order valence-electron chi connectivity index (χ1n) is 6.63. The van der Waals surface area contributed by atoms with E-state index in [2.05, 4.69) is 10.1 Å². The molecular weight excluding hydrogens is 232 g/mol. The summed E-state index contributed by atoms with van der Waals surface area (Å²) in [6.45, 7) is 0.592. The minimum absolute atomic E-state index is 0.352. The molecule has 1 aromatic heterocycles. The highest BCUT2D eigenvalue weighted by molar-refractivity contribution is 5.74.